The van der Waals surface area contributed by atoms with Crippen LogP contribution in [0.15, 0.2) is 24.5 Å². The maximum atomic E-state index is 12.4. The lowest BCUT2D eigenvalue weighted by atomic mass is 10.1. The second kappa shape index (κ2) is 5.93. The molecule has 0 bridgehead atoms. The largest absolute Gasteiger partial charge is 0.336 e. The molecule has 0 spiro atoms. The monoisotopic (exact) mass is 248 g/mol. The number of piperazine rings is 1. The molecule has 18 heavy (non-hydrogen) atoms. The molecular weight excluding hydrogens is 228 g/mol. The number of hydrogen-bond acceptors (Lipinski definition) is 4. The van der Waals surface area contributed by atoms with E-state index < -0.39 is 0 Å². The van der Waals surface area contributed by atoms with E-state index in [1.165, 1.54) is 0 Å². The summed E-state index contributed by atoms with van der Waals surface area (Å²) in [7, 11) is 3.88. The maximum Gasteiger partial charge on any atom is 0.241 e. The van der Waals surface area contributed by atoms with Crippen molar-refractivity contribution < 1.29 is 4.79 Å². The van der Waals surface area contributed by atoms with Gasteiger partial charge in [0, 0.05) is 38.6 Å². The van der Waals surface area contributed by atoms with Crippen LogP contribution in [0.2, 0.25) is 0 Å². The standard InChI is InChI=1S/C13H20N4O/c1-14-9-12-13(18)17(7-6-16(12)2)10-11-4-3-5-15-8-11/h3-5,8,12,14H,6-7,9-10H2,1-2H3. The van der Waals surface area contributed by atoms with E-state index in [0.717, 1.165) is 18.7 Å². The lowest BCUT2D eigenvalue weighted by molar-refractivity contribution is -0.141. The van der Waals surface area contributed by atoms with Crippen LogP contribution in [-0.4, -0.2) is 60.5 Å². The molecular formula is C13H20N4O. The van der Waals surface area contributed by atoms with Gasteiger partial charge in [-0.3, -0.25) is 14.7 Å². The normalized spacial score (nSPS) is 21.3. The molecule has 0 saturated carbocycles. The minimum atomic E-state index is -0.0552. The van der Waals surface area contributed by atoms with Gasteiger partial charge in [-0.2, -0.15) is 0 Å². The second-order valence-corrected chi connectivity index (χ2v) is 4.68. The topological polar surface area (TPSA) is 48.5 Å². The fourth-order valence-electron chi connectivity index (χ4n) is 2.25. The number of pyridine rings is 1. The summed E-state index contributed by atoms with van der Waals surface area (Å²) in [5.74, 6) is 0.196. The van der Waals surface area contributed by atoms with Crippen molar-refractivity contribution in [1.29, 1.82) is 0 Å². The van der Waals surface area contributed by atoms with Crippen LogP contribution in [-0.2, 0) is 11.3 Å². The number of rotatable bonds is 4. The third-order valence-corrected chi connectivity index (χ3v) is 3.35. The zero-order valence-corrected chi connectivity index (χ0v) is 11.0. The van der Waals surface area contributed by atoms with Crippen LogP contribution < -0.4 is 5.32 Å². The first-order valence-corrected chi connectivity index (χ1v) is 6.25. The van der Waals surface area contributed by atoms with Gasteiger partial charge in [-0.05, 0) is 25.7 Å². The summed E-state index contributed by atoms with van der Waals surface area (Å²) in [6, 6.07) is 3.85. The van der Waals surface area contributed by atoms with Crippen LogP contribution in [0.25, 0.3) is 0 Å². The molecule has 98 valence electrons. The quantitative estimate of drug-likeness (QED) is 0.811. The van der Waals surface area contributed by atoms with Gasteiger partial charge in [-0.15, -0.1) is 0 Å². The molecule has 5 nitrogen and oxygen atoms in total. The van der Waals surface area contributed by atoms with Crippen molar-refractivity contribution in [3.05, 3.63) is 30.1 Å². The summed E-state index contributed by atoms with van der Waals surface area (Å²) in [5, 5.41) is 3.08. The van der Waals surface area contributed by atoms with Gasteiger partial charge in [-0.1, -0.05) is 6.07 Å². The minimum Gasteiger partial charge on any atom is -0.336 e. The van der Waals surface area contributed by atoms with Crippen molar-refractivity contribution in [1.82, 2.24) is 20.1 Å². The molecule has 1 N–H and O–H groups in total. The average Bonchev–Trinajstić information content (AvgIpc) is 2.39. The third-order valence-electron chi connectivity index (χ3n) is 3.35. The Kier molecular flexibility index (Phi) is 4.28. The Labute approximate surface area is 108 Å². The van der Waals surface area contributed by atoms with Crippen LogP contribution in [0.1, 0.15) is 5.56 Å². The summed E-state index contributed by atoms with van der Waals surface area (Å²) in [5.41, 5.74) is 1.08. The van der Waals surface area contributed by atoms with Crippen molar-refractivity contribution in [2.75, 3.05) is 33.7 Å². The van der Waals surface area contributed by atoms with Gasteiger partial charge in [0.1, 0.15) is 6.04 Å². The molecule has 1 aromatic heterocycles. The Morgan fingerprint density at radius 2 is 2.33 bits per heavy atom. The van der Waals surface area contributed by atoms with Crippen LogP contribution in [0, 0.1) is 0 Å². The van der Waals surface area contributed by atoms with Crippen molar-refractivity contribution in [3.63, 3.8) is 0 Å². The molecule has 1 aromatic rings. The highest BCUT2D eigenvalue weighted by Gasteiger charge is 2.31. The van der Waals surface area contributed by atoms with Gasteiger partial charge in [-0.25, -0.2) is 0 Å². The van der Waals surface area contributed by atoms with Gasteiger partial charge in [0.15, 0.2) is 0 Å². The highest BCUT2D eigenvalue weighted by Crippen LogP contribution is 2.12. The smallest absolute Gasteiger partial charge is 0.241 e. The number of aromatic nitrogens is 1. The first-order chi connectivity index (χ1) is 8.72. The number of amides is 1. The molecule has 1 amide bonds. The minimum absolute atomic E-state index is 0.0552. The SMILES string of the molecule is CNCC1C(=O)N(Cc2cccnc2)CCN1C. The van der Waals surface area contributed by atoms with Crippen molar-refractivity contribution in [2.24, 2.45) is 0 Å². The lowest BCUT2D eigenvalue weighted by Crippen LogP contribution is -2.58. The number of hydrogen-bond donors (Lipinski definition) is 1. The summed E-state index contributed by atoms with van der Waals surface area (Å²) in [4.78, 5) is 20.5. The molecule has 1 unspecified atom stereocenters. The number of nitrogens with zero attached hydrogens (tertiary/aromatic N) is 3. The molecule has 0 aromatic carbocycles. The predicted octanol–water partition coefficient (Wildman–Crippen LogP) is -0.0564. The van der Waals surface area contributed by atoms with Gasteiger partial charge < -0.3 is 10.2 Å². The molecule has 1 atom stereocenters. The highest BCUT2D eigenvalue weighted by atomic mass is 16.2. The maximum absolute atomic E-state index is 12.4. The van der Waals surface area contributed by atoms with E-state index >= 15 is 0 Å². The van der Waals surface area contributed by atoms with Crippen molar-refractivity contribution >= 4 is 5.91 Å². The summed E-state index contributed by atoms with van der Waals surface area (Å²) >= 11 is 0. The van der Waals surface area contributed by atoms with Crippen LogP contribution in [0.3, 0.4) is 0 Å². The fourth-order valence-corrected chi connectivity index (χ4v) is 2.25. The Morgan fingerprint density at radius 1 is 1.50 bits per heavy atom. The summed E-state index contributed by atoms with van der Waals surface area (Å²) in [6.45, 7) is 3.04. The molecule has 2 rings (SSSR count). The number of carbonyl (C=O) groups excluding carboxylic acids is 1. The van der Waals surface area contributed by atoms with Gasteiger partial charge in [0.2, 0.25) is 5.91 Å². The van der Waals surface area contributed by atoms with E-state index in [-0.39, 0.29) is 11.9 Å². The summed E-state index contributed by atoms with van der Waals surface area (Å²) in [6.07, 6.45) is 3.57. The highest BCUT2D eigenvalue weighted by molar-refractivity contribution is 5.82. The van der Waals surface area contributed by atoms with E-state index in [4.69, 9.17) is 0 Å². The van der Waals surface area contributed by atoms with E-state index in [0.29, 0.717) is 13.1 Å². The van der Waals surface area contributed by atoms with Gasteiger partial charge in [0.25, 0.3) is 0 Å². The first-order valence-electron chi connectivity index (χ1n) is 6.25. The van der Waals surface area contributed by atoms with E-state index in [1.54, 1.807) is 6.20 Å². The molecule has 0 aliphatic carbocycles. The lowest BCUT2D eigenvalue weighted by Gasteiger charge is -2.38. The Balaban J connectivity index is 2.03. The zero-order chi connectivity index (χ0) is 13.0. The number of nitrogens with one attached hydrogen (secondary N) is 1. The first kappa shape index (κ1) is 13.0. The zero-order valence-electron chi connectivity index (χ0n) is 11.0. The van der Waals surface area contributed by atoms with Crippen molar-refractivity contribution in [2.45, 2.75) is 12.6 Å². The number of likely N-dealkylation sites (N-methyl/N-ethyl adjacent to an activating group) is 2. The molecule has 1 saturated heterocycles. The molecule has 2 heterocycles. The average molecular weight is 248 g/mol. The third kappa shape index (κ3) is 2.86. The molecule has 1 aliphatic rings. The Morgan fingerprint density at radius 3 is 3.00 bits per heavy atom. The van der Waals surface area contributed by atoms with Crippen molar-refractivity contribution in [3.8, 4) is 0 Å². The Hall–Kier alpha value is -1.46. The molecule has 0 radical (unpaired) electrons. The van der Waals surface area contributed by atoms with E-state index in [1.807, 2.05) is 37.3 Å². The fraction of sp³-hybridized carbons (Fsp3) is 0.538. The molecule has 1 fully saturated rings. The second-order valence-electron chi connectivity index (χ2n) is 4.68. The van der Waals surface area contributed by atoms with Crippen LogP contribution in [0.4, 0.5) is 0 Å². The van der Waals surface area contributed by atoms with E-state index in [2.05, 4.69) is 15.2 Å². The van der Waals surface area contributed by atoms with E-state index in [9.17, 15) is 4.79 Å². The van der Waals surface area contributed by atoms with Crippen LogP contribution >= 0.6 is 0 Å². The predicted molar refractivity (Wildman–Crippen MR) is 70.0 cm³/mol. The Bertz CT molecular complexity index is 395. The number of carbonyl (C=O) groups is 1. The van der Waals surface area contributed by atoms with Gasteiger partial charge in [0.05, 0.1) is 0 Å². The summed E-state index contributed by atoms with van der Waals surface area (Å²) < 4.78 is 0. The van der Waals surface area contributed by atoms with Gasteiger partial charge >= 0.3 is 0 Å². The van der Waals surface area contributed by atoms with Crippen LogP contribution in [0.5, 0.6) is 0 Å². The molecule has 1 aliphatic heterocycles. The molecule has 5 heteroatoms.